The molecule has 6 nitrogen and oxygen atoms in total. The van der Waals surface area contributed by atoms with Crippen molar-refractivity contribution in [1.82, 2.24) is 4.98 Å². The van der Waals surface area contributed by atoms with E-state index in [0.717, 1.165) is 0 Å². The minimum atomic E-state index is -0.907. The van der Waals surface area contributed by atoms with Crippen molar-refractivity contribution in [2.45, 2.75) is 6.04 Å². The van der Waals surface area contributed by atoms with Gasteiger partial charge in [-0.25, -0.2) is 4.39 Å². The van der Waals surface area contributed by atoms with Crippen LogP contribution < -0.4 is 9.64 Å². The first-order chi connectivity index (χ1) is 14.5. The molecule has 2 heterocycles. The molecule has 0 aliphatic carbocycles. The van der Waals surface area contributed by atoms with Crippen molar-refractivity contribution in [3.63, 3.8) is 0 Å². The Hall–Kier alpha value is -4.00. The average molecular weight is 404 g/mol. The summed E-state index contributed by atoms with van der Waals surface area (Å²) in [7, 11) is 1.50. The van der Waals surface area contributed by atoms with Crippen LogP contribution in [0.3, 0.4) is 0 Å². The van der Waals surface area contributed by atoms with Crippen molar-refractivity contribution >= 4 is 23.1 Å². The van der Waals surface area contributed by atoms with Gasteiger partial charge in [0.2, 0.25) is 0 Å². The number of amides is 1. The van der Waals surface area contributed by atoms with Crippen LogP contribution >= 0.6 is 0 Å². The highest BCUT2D eigenvalue weighted by Crippen LogP contribution is 2.42. The predicted molar refractivity (Wildman–Crippen MR) is 108 cm³/mol. The summed E-state index contributed by atoms with van der Waals surface area (Å²) >= 11 is 0. The van der Waals surface area contributed by atoms with Crippen molar-refractivity contribution in [2.24, 2.45) is 0 Å². The Balaban J connectivity index is 1.93. The van der Waals surface area contributed by atoms with Crippen LogP contribution in [0.4, 0.5) is 10.1 Å². The summed E-state index contributed by atoms with van der Waals surface area (Å²) < 4.78 is 18.6. The van der Waals surface area contributed by atoms with E-state index in [1.54, 1.807) is 42.6 Å². The summed E-state index contributed by atoms with van der Waals surface area (Å²) in [6.07, 6.45) is 3.10. The number of carbonyl (C=O) groups excluding carboxylic acids is 2. The molecule has 2 aromatic carbocycles. The highest BCUT2D eigenvalue weighted by Gasteiger charge is 2.47. The Morgan fingerprint density at radius 1 is 1.10 bits per heavy atom. The number of carbonyl (C=O) groups is 2. The Kier molecular flexibility index (Phi) is 5.02. The van der Waals surface area contributed by atoms with Crippen LogP contribution in [0.1, 0.15) is 17.2 Å². The van der Waals surface area contributed by atoms with Gasteiger partial charge >= 0.3 is 0 Å². The smallest absolute Gasteiger partial charge is 0.300 e. The SMILES string of the molecule is COc1cccc(N2C(=O)C(=O)/C(=C(/O)c3ccc(F)cc3)C2c2cccnc2)c1. The van der Waals surface area contributed by atoms with E-state index in [4.69, 9.17) is 4.74 Å². The Bertz CT molecular complexity index is 1140. The van der Waals surface area contributed by atoms with Gasteiger partial charge in [-0.3, -0.25) is 19.5 Å². The van der Waals surface area contributed by atoms with Gasteiger partial charge in [0.1, 0.15) is 17.3 Å². The minimum Gasteiger partial charge on any atom is -0.507 e. The molecule has 3 aromatic rings. The molecule has 1 N–H and O–H groups in total. The molecule has 1 amide bonds. The van der Waals surface area contributed by atoms with E-state index in [0.29, 0.717) is 17.0 Å². The molecule has 7 heteroatoms. The number of ketones is 1. The predicted octanol–water partition coefficient (Wildman–Crippen LogP) is 3.86. The lowest BCUT2D eigenvalue weighted by Gasteiger charge is -2.25. The van der Waals surface area contributed by atoms with Crippen LogP contribution in [0, 0.1) is 5.82 Å². The number of methoxy groups -OCH3 is 1. The van der Waals surface area contributed by atoms with Gasteiger partial charge in [0.05, 0.1) is 18.7 Å². The number of rotatable bonds is 4. The third kappa shape index (κ3) is 3.30. The quantitative estimate of drug-likeness (QED) is 0.406. The average Bonchev–Trinajstić information content (AvgIpc) is 3.05. The molecule has 1 atom stereocenters. The van der Waals surface area contributed by atoms with E-state index in [9.17, 15) is 19.1 Å². The van der Waals surface area contributed by atoms with Gasteiger partial charge in [-0.1, -0.05) is 12.1 Å². The first-order valence-corrected chi connectivity index (χ1v) is 9.12. The lowest BCUT2D eigenvalue weighted by molar-refractivity contribution is -0.132. The van der Waals surface area contributed by atoms with Crippen LogP contribution in [0.15, 0.2) is 78.6 Å². The van der Waals surface area contributed by atoms with Crippen LogP contribution in [0.25, 0.3) is 5.76 Å². The Labute approximate surface area is 171 Å². The van der Waals surface area contributed by atoms with Crippen LogP contribution in [0.2, 0.25) is 0 Å². The number of aromatic nitrogens is 1. The molecule has 0 bridgehead atoms. The van der Waals surface area contributed by atoms with Crippen molar-refractivity contribution < 1.29 is 23.8 Å². The Morgan fingerprint density at radius 2 is 1.87 bits per heavy atom. The first kappa shape index (κ1) is 19.3. The van der Waals surface area contributed by atoms with E-state index < -0.39 is 23.5 Å². The third-order valence-corrected chi connectivity index (χ3v) is 4.89. The highest BCUT2D eigenvalue weighted by molar-refractivity contribution is 6.51. The molecule has 150 valence electrons. The molecule has 30 heavy (non-hydrogen) atoms. The fourth-order valence-electron chi connectivity index (χ4n) is 3.48. The van der Waals surface area contributed by atoms with E-state index in [1.807, 2.05) is 0 Å². The monoisotopic (exact) mass is 404 g/mol. The molecule has 0 radical (unpaired) electrons. The van der Waals surface area contributed by atoms with E-state index in [2.05, 4.69) is 4.98 Å². The van der Waals surface area contributed by atoms with Gasteiger partial charge in [0.15, 0.2) is 0 Å². The van der Waals surface area contributed by atoms with Gasteiger partial charge in [-0.2, -0.15) is 0 Å². The third-order valence-electron chi connectivity index (χ3n) is 4.89. The standard InChI is InChI=1S/C23H17FN2O4/c1-30-18-6-2-5-17(12-18)26-20(15-4-3-11-25-13-15)19(22(28)23(26)29)21(27)14-7-9-16(24)10-8-14/h2-13,20,27H,1H3/b21-19+. The van der Waals surface area contributed by atoms with Crippen LogP contribution in [-0.4, -0.2) is 28.9 Å². The molecule has 1 aliphatic rings. The van der Waals surface area contributed by atoms with Crippen molar-refractivity contribution in [3.05, 3.63) is 95.6 Å². The lowest BCUT2D eigenvalue weighted by atomic mass is 9.96. The molecule has 0 spiro atoms. The molecule has 1 aromatic heterocycles. The number of benzene rings is 2. The maximum atomic E-state index is 13.3. The van der Waals surface area contributed by atoms with E-state index in [1.165, 1.54) is 42.5 Å². The van der Waals surface area contributed by atoms with E-state index >= 15 is 0 Å². The topological polar surface area (TPSA) is 79.7 Å². The summed E-state index contributed by atoms with van der Waals surface area (Å²) in [5.74, 6) is -1.98. The summed E-state index contributed by atoms with van der Waals surface area (Å²) in [5.41, 5.74) is 1.11. The zero-order chi connectivity index (χ0) is 21.3. The first-order valence-electron chi connectivity index (χ1n) is 9.12. The summed E-state index contributed by atoms with van der Waals surface area (Å²) in [4.78, 5) is 31.4. The molecule has 0 saturated carbocycles. The van der Waals surface area contributed by atoms with Gasteiger partial charge < -0.3 is 9.84 Å². The summed E-state index contributed by atoms with van der Waals surface area (Å²) in [6, 6.07) is 14.3. The number of hydrogen-bond donors (Lipinski definition) is 1. The zero-order valence-corrected chi connectivity index (χ0v) is 15.9. The second-order valence-electron chi connectivity index (χ2n) is 6.66. The number of halogens is 1. The second kappa shape index (κ2) is 7.79. The van der Waals surface area contributed by atoms with E-state index in [-0.39, 0.29) is 16.9 Å². The fourth-order valence-corrected chi connectivity index (χ4v) is 3.48. The minimum absolute atomic E-state index is 0.0950. The zero-order valence-electron chi connectivity index (χ0n) is 15.9. The van der Waals surface area contributed by atoms with Crippen molar-refractivity contribution in [2.75, 3.05) is 12.0 Å². The lowest BCUT2D eigenvalue weighted by Crippen LogP contribution is -2.29. The molecule has 4 rings (SSSR count). The summed E-state index contributed by atoms with van der Waals surface area (Å²) in [5, 5.41) is 10.9. The number of Topliss-reactive ketones (excluding diaryl/α,β-unsaturated/α-hetero) is 1. The van der Waals surface area contributed by atoms with Gasteiger partial charge in [0, 0.05) is 29.7 Å². The number of anilines is 1. The molecule has 1 unspecified atom stereocenters. The number of hydrogen-bond acceptors (Lipinski definition) is 5. The normalized spacial score (nSPS) is 17.9. The number of ether oxygens (including phenoxy) is 1. The maximum absolute atomic E-state index is 13.3. The van der Waals surface area contributed by atoms with Gasteiger partial charge in [-0.05, 0) is 48.0 Å². The maximum Gasteiger partial charge on any atom is 0.300 e. The fraction of sp³-hybridized carbons (Fsp3) is 0.0870. The molecule has 1 aliphatic heterocycles. The number of nitrogens with zero attached hydrogens (tertiary/aromatic N) is 2. The van der Waals surface area contributed by atoms with Crippen LogP contribution in [0.5, 0.6) is 5.75 Å². The van der Waals surface area contributed by atoms with Crippen LogP contribution in [-0.2, 0) is 9.59 Å². The summed E-state index contributed by atoms with van der Waals surface area (Å²) in [6.45, 7) is 0. The molecule has 1 saturated heterocycles. The molecule has 1 fully saturated rings. The van der Waals surface area contributed by atoms with Gasteiger partial charge in [0.25, 0.3) is 11.7 Å². The Morgan fingerprint density at radius 3 is 2.53 bits per heavy atom. The van der Waals surface area contributed by atoms with Crippen molar-refractivity contribution in [1.29, 1.82) is 0 Å². The number of aliphatic hydroxyl groups is 1. The molecular weight excluding hydrogens is 387 g/mol. The second-order valence-corrected chi connectivity index (χ2v) is 6.66. The van der Waals surface area contributed by atoms with Gasteiger partial charge in [-0.15, -0.1) is 0 Å². The highest BCUT2D eigenvalue weighted by atomic mass is 19.1. The number of aliphatic hydroxyl groups excluding tert-OH is 1. The molecular formula is C23H17FN2O4. The number of pyridine rings is 1. The largest absolute Gasteiger partial charge is 0.507 e. The van der Waals surface area contributed by atoms with Crippen molar-refractivity contribution in [3.8, 4) is 5.75 Å².